The first-order valence-electron chi connectivity index (χ1n) is 8.16. The van der Waals surface area contributed by atoms with E-state index in [1.54, 1.807) is 45.2 Å². The van der Waals surface area contributed by atoms with Crippen LogP contribution in [0.5, 0.6) is 17.2 Å². The lowest BCUT2D eigenvalue weighted by Crippen LogP contribution is -2.35. The second-order valence-electron chi connectivity index (χ2n) is 5.74. The average molecular weight is 374 g/mol. The summed E-state index contributed by atoms with van der Waals surface area (Å²) in [6, 6.07) is 13.7. The van der Waals surface area contributed by atoms with Crippen LogP contribution >= 0.6 is 11.8 Å². The van der Waals surface area contributed by atoms with Gasteiger partial charge < -0.3 is 19.4 Å². The van der Waals surface area contributed by atoms with E-state index in [4.69, 9.17) is 14.2 Å². The summed E-state index contributed by atoms with van der Waals surface area (Å²) in [6.45, 7) is 0. The zero-order chi connectivity index (χ0) is 18.5. The minimum Gasteiger partial charge on any atom is -0.493 e. The number of rotatable bonds is 6. The van der Waals surface area contributed by atoms with Crippen molar-refractivity contribution in [3.8, 4) is 17.2 Å². The maximum Gasteiger partial charge on any atom is 0.203 e. The van der Waals surface area contributed by atoms with Crippen molar-refractivity contribution in [3.63, 3.8) is 0 Å². The van der Waals surface area contributed by atoms with Crippen LogP contribution in [0.15, 0.2) is 47.6 Å². The average Bonchev–Trinajstić information content (AvgIpc) is 3.18. The van der Waals surface area contributed by atoms with Gasteiger partial charge >= 0.3 is 0 Å². The fraction of sp³-hybridized carbons (Fsp3) is 0.316. The van der Waals surface area contributed by atoms with E-state index in [9.17, 15) is 5.21 Å². The Labute approximate surface area is 157 Å². The molecule has 0 aliphatic carbocycles. The fourth-order valence-electron chi connectivity index (χ4n) is 3.01. The van der Waals surface area contributed by atoms with E-state index in [2.05, 4.69) is 22.6 Å². The monoisotopic (exact) mass is 374 g/mol. The predicted octanol–water partition coefficient (Wildman–Crippen LogP) is 3.29. The van der Waals surface area contributed by atoms with Crippen molar-refractivity contribution in [1.82, 2.24) is 5.32 Å². The van der Waals surface area contributed by atoms with Crippen LogP contribution in [0, 0.1) is 0 Å². The molecular formula is C19H22N2O4S. The molecule has 1 heterocycles. The van der Waals surface area contributed by atoms with Crippen molar-refractivity contribution in [2.75, 3.05) is 27.1 Å². The molecule has 2 atom stereocenters. The lowest BCUT2D eigenvalue weighted by Gasteiger charge is -2.18. The molecule has 2 unspecified atom stereocenters. The second kappa shape index (κ2) is 8.33. The number of ether oxygens (including phenoxy) is 3. The highest BCUT2D eigenvalue weighted by molar-refractivity contribution is 7.99. The van der Waals surface area contributed by atoms with Gasteiger partial charge in [-0.1, -0.05) is 35.5 Å². The lowest BCUT2D eigenvalue weighted by molar-refractivity contribution is 0.315. The van der Waals surface area contributed by atoms with Crippen LogP contribution in [0.3, 0.4) is 0 Å². The zero-order valence-electron chi connectivity index (χ0n) is 14.9. The molecule has 0 amide bonds. The van der Waals surface area contributed by atoms with Crippen LogP contribution in [0.2, 0.25) is 0 Å². The quantitative estimate of drug-likeness (QED) is 0.459. The van der Waals surface area contributed by atoms with Crippen LogP contribution in [-0.4, -0.2) is 44.0 Å². The summed E-state index contributed by atoms with van der Waals surface area (Å²) < 4.78 is 16.2. The molecule has 2 N–H and O–H groups in total. The Morgan fingerprint density at radius 3 is 2.27 bits per heavy atom. The highest BCUT2D eigenvalue weighted by atomic mass is 32.2. The van der Waals surface area contributed by atoms with Crippen LogP contribution in [0.25, 0.3) is 0 Å². The molecule has 1 aliphatic rings. The van der Waals surface area contributed by atoms with Gasteiger partial charge in [0.2, 0.25) is 5.75 Å². The third-order valence-corrected chi connectivity index (χ3v) is 5.55. The van der Waals surface area contributed by atoms with Crippen LogP contribution in [0.1, 0.15) is 16.5 Å². The van der Waals surface area contributed by atoms with Gasteiger partial charge in [0.25, 0.3) is 0 Å². The molecule has 0 aromatic heterocycles. The van der Waals surface area contributed by atoms with Gasteiger partial charge in [0, 0.05) is 11.3 Å². The highest BCUT2D eigenvalue weighted by Crippen LogP contribution is 2.40. The molecule has 138 valence electrons. The van der Waals surface area contributed by atoms with E-state index in [0.29, 0.717) is 28.5 Å². The number of hydrogen-bond acceptors (Lipinski definition) is 7. The van der Waals surface area contributed by atoms with E-state index in [1.165, 1.54) is 5.56 Å². The summed E-state index contributed by atoms with van der Waals surface area (Å²) in [7, 11) is 4.68. The van der Waals surface area contributed by atoms with Gasteiger partial charge in [-0.25, -0.2) is 0 Å². The number of hydrogen-bond donors (Lipinski definition) is 2. The van der Waals surface area contributed by atoms with E-state index < -0.39 is 0 Å². The van der Waals surface area contributed by atoms with Crippen LogP contribution < -0.4 is 19.5 Å². The van der Waals surface area contributed by atoms with Gasteiger partial charge in [0.15, 0.2) is 11.5 Å². The van der Waals surface area contributed by atoms with Gasteiger partial charge in [-0.2, -0.15) is 0 Å². The molecule has 2 aromatic rings. The fourth-order valence-corrected chi connectivity index (χ4v) is 4.26. The summed E-state index contributed by atoms with van der Waals surface area (Å²) in [5, 5.41) is 16.9. The Morgan fingerprint density at radius 1 is 1.08 bits per heavy atom. The number of nitrogens with zero attached hydrogens (tertiary/aromatic N) is 1. The van der Waals surface area contributed by atoms with Crippen molar-refractivity contribution in [3.05, 3.63) is 53.6 Å². The van der Waals surface area contributed by atoms with E-state index in [0.717, 1.165) is 5.75 Å². The number of benzene rings is 2. The van der Waals surface area contributed by atoms with E-state index in [1.807, 2.05) is 18.2 Å². The minimum absolute atomic E-state index is 0.0991. The Morgan fingerprint density at radius 2 is 1.73 bits per heavy atom. The molecule has 0 bridgehead atoms. The maximum absolute atomic E-state index is 9.68. The number of thioether (sulfide) groups is 1. The largest absolute Gasteiger partial charge is 0.493 e. The molecule has 7 heteroatoms. The maximum atomic E-state index is 9.68. The zero-order valence-corrected chi connectivity index (χ0v) is 15.7. The van der Waals surface area contributed by atoms with Gasteiger partial charge in [-0.15, -0.1) is 11.8 Å². The summed E-state index contributed by atoms with van der Waals surface area (Å²) in [6.07, 6.45) is 0. The molecule has 2 aromatic carbocycles. The van der Waals surface area contributed by atoms with Gasteiger partial charge in [-0.3, -0.25) is 5.32 Å². The standard InChI is InChI=1S/C19H22N2O4S/c1-23-15-9-13(10-16(24-2)18(15)25-3)17(21-22)14-11-26-19(20-14)12-7-5-4-6-8-12/h4-10,14,19-20,22H,11H2,1-3H3/b21-17-. The molecule has 0 spiro atoms. The molecular weight excluding hydrogens is 352 g/mol. The van der Waals surface area contributed by atoms with Gasteiger partial charge in [0.1, 0.15) is 5.71 Å². The topological polar surface area (TPSA) is 72.3 Å². The molecule has 0 saturated carbocycles. The molecule has 26 heavy (non-hydrogen) atoms. The van der Waals surface area contributed by atoms with Gasteiger partial charge in [-0.05, 0) is 17.7 Å². The molecule has 1 fully saturated rings. The van der Waals surface area contributed by atoms with Crippen LogP contribution in [-0.2, 0) is 0 Å². The summed E-state index contributed by atoms with van der Waals surface area (Å²) in [5.74, 6) is 2.34. The highest BCUT2D eigenvalue weighted by Gasteiger charge is 2.31. The Kier molecular flexibility index (Phi) is 5.90. The molecule has 3 rings (SSSR count). The van der Waals surface area contributed by atoms with Crippen molar-refractivity contribution < 1.29 is 19.4 Å². The lowest BCUT2D eigenvalue weighted by atomic mass is 10.0. The van der Waals surface area contributed by atoms with Crippen molar-refractivity contribution in [2.45, 2.75) is 11.4 Å². The summed E-state index contributed by atoms with van der Waals surface area (Å²) in [4.78, 5) is 0. The minimum atomic E-state index is -0.0991. The normalized spacial score (nSPS) is 20.0. The van der Waals surface area contributed by atoms with Crippen LogP contribution in [0.4, 0.5) is 0 Å². The third-order valence-electron chi connectivity index (χ3n) is 4.28. The first-order chi connectivity index (χ1) is 12.7. The first kappa shape index (κ1) is 18.4. The van der Waals surface area contributed by atoms with Crippen molar-refractivity contribution in [2.24, 2.45) is 5.16 Å². The Hall–Kier alpha value is -2.38. The number of oxime groups is 1. The molecule has 1 aliphatic heterocycles. The summed E-state index contributed by atoms with van der Waals surface area (Å²) >= 11 is 1.78. The number of nitrogens with one attached hydrogen (secondary N) is 1. The Balaban J connectivity index is 1.88. The first-order valence-corrected chi connectivity index (χ1v) is 9.21. The summed E-state index contributed by atoms with van der Waals surface area (Å²) in [5.41, 5.74) is 2.45. The number of methoxy groups -OCH3 is 3. The second-order valence-corrected chi connectivity index (χ2v) is 6.88. The van der Waals surface area contributed by atoms with Crippen molar-refractivity contribution >= 4 is 17.5 Å². The SMILES string of the molecule is COc1cc(/C(=N/O)C2CSC(c3ccccc3)N2)cc(OC)c1OC. The van der Waals surface area contributed by atoms with Crippen molar-refractivity contribution in [1.29, 1.82) is 0 Å². The van der Waals surface area contributed by atoms with E-state index in [-0.39, 0.29) is 11.4 Å². The van der Waals surface area contributed by atoms with Gasteiger partial charge in [0.05, 0.1) is 32.7 Å². The Bertz CT molecular complexity index is 757. The molecule has 1 saturated heterocycles. The smallest absolute Gasteiger partial charge is 0.203 e. The predicted molar refractivity (Wildman–Crippen MR) is 103 cm³/mol. The van der Waals surface area contributed by atoms with E-state index >= 15 is 0 Å². The third kappa shape index (κ3) is 3.59. The molecule has 0 radical (unpaired) electrons. The molecule has 6 nitrogen and oxygen atoms in total.